The van der Waals surface area contributed by atoms with Gasteiger partial charge in [-0.05, 0) is 18.6 Å². The van der Waals surface area contributed by atoms with E-state index in [1.807, 2.05) is 0 Å². The van der Waals surface area contributed by atoms with Gasteiger partial charge in [-0.1, -0.05) is 23.2 Å². The van der Waals surface area contributed by atoms with Crippen molar-refractivity contribution in [2.75, 3.05) is 12.3 Å². The van der Waals surface area contributed by atoms with Crippen LogP contribution >= 0.6 is 23.2 Å². The number of halogens is 2. The molecule has 0 fully saturated rings. The van der Waals surface area contributed by atoms with Crippen LogP contribution in [0.1, 0.15) is 12.8 Å². The van der Waals surface area contributed by atoms with E-state index in [0.29, 0.717) is 6.42 Å². The molecule has 0 aliphatic heterocycles. The van der Waals surface area contributed by atoms with Crippen LogP contribution in [0.15, 0.2) is 17.0 Å². The maximum atomic E-state index is 12.0. The summed E-state index contributed by atoms with van der Waals surface area (Å²) in [6, 6.07) is 2.59. The third-order valence-electron chi connectivity index (χ3n) is 2.18. The molecule has 0 heterocycles. The number of hydrogen-bond acceptors (Lipinski definition) is 4. The Hall–Kier alpha value is -1.02. The molecule has 0 saturated carbocycles. The molecule has 106 valence electrons. The Morgan fingerprint density at radius 1 is 1.26 bits per heavy atom. The normalized spacial score (nSPS) is 11.5. The Morgan fingerprint density at radius 3 is 2.26 bits per heavy atom. The second-order valence-electron chi connectivity index (χ2n) is 3.78. The lowest BCUT2D eigenvalue weighted by atomic mass is 10.3. The molecule has 0 spiro atoms. The summed E-state index contributed by atoms with van der Waals surface area (Å²) in [5, 5.41) is -0.125. The standard InChI is InChI=1S/C10H13Cl2N3O3S/c11-7-4-6(13)5-8(12)10(7)19(17,18)15-3-1-2-9(14)16/h4-5,15H,1-3,13H2,(H2,14,16). The highest BCUT2D eigenvalue weighted by Gasteiger charge is 2.21. The third-order valence-corrected chi connectivity index (χ3v) is 4.56. The molecule has 19 heavy (non-hydrogen) atoms. The van der Waals surface area contributed by atoms with Gasteiger partial charge in [0.2, 0.25) is 15.9 Å². The zero-order chi connectivity index (χ0) is 14.6. The Balaban J connectivity index is 2.86. The van der Waals surface area contributed by atoms with Gasteiger partial charge in [0.15, 0.2) is 0 Å². The summed E-state index contributed by atoms with van der Waals surface area (Å²) in [6.07, 6.45) is 0.379. The monoisotopic (exact) mass is 325 g/mol. The van der Waals surface area contributed by atoms with Crippen molar-refractivity contribution in [3.8, 4) is 0 Å². The Morgan fingerprint density at radius 2 is 1.79 bits per heavy atom. The van der Waals surface area contributed by atoms with E-state index >= 15 is 0 Å². The summed E-state index contributed by atoms with van der Waals surface area (Å²) in [6.45, 7) is 0.0578. The number of carbonyl (C=O) groups excluding carboxylic acids is 1. The number of amides is 1. The fourth-order valence-corrected chi connectivity index (χ4v) is 3.68. The maximum Gasteiger partial charge on any atom is 0.243 e. The molecular weight excluding hydrogens is 313 g/mol. The minimum atomic E-state index is -3.86. The third kappa shape index (κ3) is 4.54. The van der Waals surface area contributed by atoms with Gasteiger partial charge in [0, 0.05) is 18.7 Å². The number of primary amides is 1. The molecule has 1 rings (SSSR count). The number of nitrogen functional groups attached to an aromatic ring is 1. The average molecular weight is 326 g/mol. The number of anilines is 1. The predicted molar refractivity (Wildman–Crippen MR) is 74.5 cm³/mol. The summed E-state index contributed by atoms with van der Waals surface area (Å²) < 4.78 is 26.3. The SMILES string of the molecule is NC(=O)CCCNS(=O)(=O)c1c(Cl)cc(N)cc1Cl. The fraction of sp³-hybridized carbons (Fsp3) is 0.300. The molecule has 0 saturated heterocycles. The number of nitrogens with one attached hydrogen (secondary N) is 1. The zero-order valence-electron chi connectivity index (χ0n) is 9.82. The van der Waals surface area contributed by atoms with Gasteiger partial charge < -0.3 is 11.5 Å². The first-order chi connectivity index (χ1) is 8.74. The Kier molecular flexibility index (Phi) is 5.42. The van der Waals surface area contributed by atoms with E-state index in [2.05, 4.69) is 4.72 Å². The van der Waals surface area contributed by atoms with Crippen LogP contribution in [0.25, 0.3) is 0 Å². The topological polar surface area (TPSA) is 115 Å². The number of hydrogen-bond donors (Lipinski definition) is 3. The Labute approximate surface area is 121 Å². The molecule has 0 bridgehead atoms. The van der Waals surface area contributed by atoms with Gasteiger partial charge >= 0.3 is 0 Å². The van der Waals surface area contributed by atoms with Crippen molar-refractivity contribution >= 4 is 44.8 Å². The molecule has 0 unspecified atom stereocenters. The molecular formula is C10H13Cl2N3O3S. The smallest absolute Gasteiger partial charge is 0.243 e. The molecule has 0 atom stereocenters. The lowest BCUT2D eigenvalue weighted by molar-refractivity contribution is -0.118. The second-order valence-corrected chi connectivity index (χ2v) is 6.30. The molecule has 0 aromatic heterocycles. The summed E-state index contributed by atoms with van der Waals surface area (Å²) in [5.41, 5.74) is 10.7. The quantitative estimate of drug-likeness (QED) is 0.536. The first kappa shape index (κ1) is 16.0. The molecule has 0 aliphatic rings. The highest BCUT2D eigenvalue weighted by molar-refractivity contribution is 7.89. The van der Waals surface area contributed by atoms with Crippen molar-refractivity contribution in [1.29, 1.82) is 0 Å². The lowest BCUT2D eigenvalue weighted by Gasteiger charge is -2.10. The van der Waals surface area contributed by atoms with E-state index in [0.717, 1.165) is 0 Å². The van der Waals surface area contributed by atoms with Gasteiger partial charge in [0.1, 0.15) is 4.90 Å². The molecule has 1 aromatic rings. The highest BCUT2D eigenvalue weighted by atomic mass is 35.5. The molecule has 1 amide bonds. The van der Waals surface area contributed by atoms with Crippen LogP contribution in [0, 0.1) is 0 Å². The van der Waals surface area contributed by atoms with Crippen molar-refractivity contribution in [2.45, 2.75) is 17.7 Å². The second kappa shape index (κ2) is 6.42. The maximum absolute atomic E-state index is 12.0. The first-order valence-electron chi connectivity index (χ1n) is 5.26. The highest BCUT2D eigenvalue weighted by Crippen LogP contribution is 2.31. The minimum Gasteiger partial charge on any atom is -0.399 e. The summed E-state index contributed by atoms with van der Waals surface area (Å²) in [5.74, 6) is -0.497. The van der Waals surface area contributed by atoms with E-state index in [-0.39, 0.29) is 33.6 Å². The lowest BCUT2D eigenvalue weighted by Crippen LogP contribution is -2.26. The summed E-state index contributed by atoms with van der Waals surface area (Å²) >= 11 is 11.6. The number of sulfonamides is 1. The average Bonchev–Trinajstić information content (AvgIpc) is 2.22. The van der Waals surface area contributed by atoms with Crippen LogP contribution in [-0.4, -0.2) is 20.9 Å². The minimum absolute atomic E-state index is 0.0578. The molecule has 1 aromatic carbocycles. The van der Waals surface area contributed by atoms with Crippen molar-refractivity contribution in [2.24, 2.45) is 5.73 Å². The van der Waals surface area contributed by atoms with Gasteiger partial charge in [-0.2, -0.15) is 0 Å². The molecule has 0 radical (unpaired) electrons. The number of carbonyl (C=O) groups is 1. The molecule has 5 N–H and O–H groups in total. The van der Waals surface area contributed by atoms with Crippen LogP contribution in [0.3, 0.4) is 0 Å². The molecule has 6 nitrogen and oxygen atoms in total. The van der Waals surface area contributed by atoms with Crippen molar-refractivity contribution < 1.29 is 13.2 Å². The molecule has 9 heteroatoms. The van der Waals surface area contributed by atoms with Gasteiger partial charge in [0.25, 0.3) is 0 Å². The van der Waals surface area contributed by atoms with E-state index < -0.39 is 15.9 Å². The number of rotatable bonds is 6. The van der Waals surface area contributed by atoms with Crippen molar-refractivity contribution in [3.63, 3.8) is 0 Å². The first-order valence-corrected chi connectivity index (χ1v) is 7.50. The van der Waals surface area contributed by atoms with Crippen molar-refractivity contribution in [3.05, 3.63) is 22.2 Å². The van der Waals surface area contributed by atoms with E-state index in [1.54, 1.807) is 0 Å². The van der Waals surface area contributed by atoms with E-state index in [4.69, 9.17) is 34.7 Å². The van der Waals surface area contributed by atoms with Crippen LogP contribution in [0.5, 0.6) is 0 Å². The van der Waals surface area contributed by atoms with Gasteiger partial charge in [0.05, 0.1) is 10.0 Å². The summed E-state index contributed by atoms with van der Waals surface area (Å²) in [4.78, 5) is 10.3. The van der Waals surface area contributed by atoms with Crippen LogP contribution in [0.2, 0.25) is 10.0 Å². The van der Waals surface area contributed by atoms with E-state index in [9.17, 15) is 13.2 Å². The number of benzene rings is 1. The zero-order valence-corrected chi connectivity index (χ0v) is 12.1. The summed E-state index contributed by atoms with van der Waals surface area (Å²) in [7, 11) is -3.86. The van der Waals surface area contributed by atoms with Gasteiger partial charge in [-0.3, -0.25) is 4.79 Å². The van der Waals surface area contributed by atoms with Gasteiger partial charge in [-0.25, -0.2) is 13.1 Å². The fourth-order valence-electron chi connectivity index (χ4n) is 1.38. The van der Waals surface area contributed by atoms with Crippen LogP contribution < -0.4 is 16.2 Å². The van der Waals surface area contributed by atoms with E-state index in [1.165, 1.54) is 12.1 Å². The van der Waals surface area contributed by atoms with Crippen LogP contribution in [-0.2, 0) is 14.8 Å². The number of nitrogens with two attached hydrogens (primary N) is 2. The molecule has 0 aliphatic carbocycles. The Bertz CT molecular complexity index is 567. The van der Waals surface area contributed by atoms with Crippen molar-refractivity contribution in [1.82, 2.24) is 4.72 Å². The predicted octanol–water partition coefficient (Wildman–Crippen LogP) is 1.12. The van der Waals surface area contributed by atoms with Gasteiger partial charge in [-0.15, -0.1) is 0 Å². The van der Waals surface area contributed by atoms with Crippen LogP contribution in [0.4, 0.5) is 5.69 Å². The largest absolute Gasteiger partial charge is 0.399 e.